The van der Waals surface area contributed by atoms with E-state index in [-0.39, 0.29) is 12.1 Å². The standard InChI is InChI=1S/C16H15N3O/c20-16(18-14-9-5-2-6-10-14)19-15(11-12-17-19)13-7-3-1-4-8-13/h1-10,12,15H,11H2,(H,18,20)/t15-/m1/s1. The van der Waals surface area contributed by atoms with Gasteiger partial charge in [-0.15, -0.1) is 0 Å². The molecule has 0 aromatic heterocycles. The van der Waals surface area contributed by atoms with Gasteiger partial charge in [-0.3, -0.25) is 0 Å². The number of benzene rings is 2. The van der Waals surface area contributed by atoms with Crippen LogP contribution < -0.4 is 5.32 Å². The highest BCUT2D eigenvalue weighted by Crippen LogP contribution is 2.28. The summed E-state index contributed by atoms with van der Waals surface area (Å²) >= 11 is 0. The van der Waals surface area contributed by atoms with Crippen LogP contribution in [0.3, 0.4) is 0 Å². The molecule has 2 aromatic rings. The third kappa shape index (κ3) is 2.54. The van der Waals surface area contributed by atoms with Crippen molar-refractivity contribution in [1.82, 2.24) is 5.01 Å². The van der Waals surface area contributed by atoms with Gasteiger partial charge in [0.25, 0.3) is 0 Å². The van der Waals surface area contributed by atoms with Crippen molar-refractivity contribution in [3.05, 3.63) is 66.2 Å². The van der Waals surface area contributed by atoms with Gasteiger partial charge in [-0.2, -0.15) is 5.10 Å². The lowest BCUT2D eigenvalue weighted by atomic mass is 10.1. The number of hydrogen-bond donors (Lipinski definition) is 1. The van der Waals surface area contributed by atoms with Crippen molar-refractivity contribution in [2.45, 2.75) is 12.5 Å². The summed E-state index contributed by atoms with van der Waals surface area (Å²) in [5.74, 6) is 0. The quantitative estimate of drug-likeness (QED) is 0.885. The summed E-state index contributed by atoms with van der Waals surface area (Å²) in [4.78, 5) is 12.3. The summed E-state index contributed by atoms with van der Waals surface area (Å²) in [5.41, 5.74) is 1.86. The summed E-state index contributed by atoms with van der Waals surface area (Å²) in [7, 11) is 0. The SMILES string of the molecule is O=C(Nc1ccccc1)N1N=CC[C@@H]1c1ccccc1. The van der Waals surface area contributed by atoms with Gasteiger partial charge < -0.3 is 5.32 Å². The average molecular weight is 265 g/mol. The predicted octanol–water partition coefficient (Wildman–Crippen LogP) is 3.65. The van der Waals surface area contributed by atoms with Crippen LogP contribution in [-0.4, -0.2) is 17.3 Å². The molecule has 1 heterocycles. The van der Waals surface area contributed by atoms with Crippen LogP contribution in [0.25, 0.3) is 0 Å². The van der Waals surface area contributed by atoms with E-state index < -0.39 is 0 Å². The highest BCUT2D eigenvalue weighted by atomic mass is 16.2. The van der Waals surface area contributed by atoms with Gasteiger partial charge in [0.2, 0.25) is 0 Å². The van der Waals surface area contributed by atoms with Gasteiger partial charge in [0.15, 0.2) is 0 Å². The lowest BCUT2D eigenvalue weighted by Crippen LogP contribution is -2.31. The minimum absolute atomic E-state index is 0.0279. The molecule has 3 rings (SSSR count). The summed E-state index contributed by atoms with van der Waals surface area (Å²) in [6.45, 7) is 0. The molecule has 0 bridgehead atoms. The second kappa shape index (κ2) is 5.57. The number of anilines is 1. The van der Waals surface area contributed by atoms with E-state index in [0.29, 0.717) is 0 Å². The lowest BCUT2D eigenvalue weighted by Gasteiger charge is -2.22. The molecule has 0 fully saturated rings. The van der Waals surface area contributed by atoms with Crippen LogP contribution >= 0.6 is 0 Å². The van der Waals surface area contributed by atoms with Gasteiger partial charge >= 0.3 is 6.03 Å². The van der Waals surface area contributed by atoms with Crippen molar-refractivity contribution >= 4 is 17.9 Å². The highest BCUT2D eigenvalue weighted by Gasteiger charge is 2.27. The van der Waals surface area contributed by atoms with E-state index in [1.807, 2.05) is 60.7 Å². The number of amides is 2. The van der Waals surface area contributed by atoms with Crippen LogP contribution in [-0.2, 0) is 0 Å². The van der Waals surface area contributed by atoms with Crippen LogP contribution in [0.5, 0.6) is 0 Å². The molecule has 100 valence electrons. The molecule has 1 atom stereocenters. The van der Waals surface area contributed by atoms with Gasteiger partial charge in [-0.25, -0.2) is 9.80 Å². The maximum absolute atomic E-state index is 12.3. The van der Waals surface area contributed by atoms with Crippen molar-refractivity contribution < 1.29 is 4.79 Å². The Labute approximate surface area is 117 Å². The molecular weight excluding hydrogens is 250 g/mol. The van der Waals surface area contributed by atoms with Crippen molar-refractivity contribution in [1.29, 1.82) is 0 Å². The minimum atomic E-state index is -0.209. The molecule has 0 spiro atoms. The van der Waals surface area contributed by atoms with Crippen molar-refractivity contribution in [2.24, 2.45) is 5.10 Å². The molecule has 0 unspecified atom stereocenters. The van der Waals surface area contributed by atoms with Crippen LogP contribution in [0, 0.1) is 0 Å². The van der Waals surface area contributed by atoms with Gasteiger partial charge in [0.05, 0.1) is 6.04 Å². The van der Waals surface area contributed by atoms with E-state index in [2.05, 4.69) is 10.4 Å². The Hall–Kier alpha value is -2.62. The van der Waals surface area contributed by atoms with E-state index >= 15 is 0 Å². The van der Waals surface area contributed by atoms with Crippen LogP contribution in [0.2, 0.25) is 0 Å². The molecule has 2 amide bonds. The molecule has 1 aliphatic rings. The highest BCUT2D eigenvalue weighted by molar-refractivity contribution is 5.90. The average Bonchev–Trinajstić information content (AvgIpc) is 2.99. The second-order valence-electron chi connectivity index (χ2n) is 4.60. The Kier molecular flexibility index (Phi) is 3.46. The number of rotatable bonds is 2. The van der Waals surface area contributed by atoms with Crippen molar-refractivity contribution in [2.75, 3.05) is 5.32 Å². The Morgan fingerprint density at radius 2 is 1.70 bits per heavy atom. The molecule has 4 nitrogen and oxygen atoms in total. The fraction of sp³-hybridized carbons (Fsp3) is 0.125. The van der Waals surface area contributed by atoms with E-state index in [4.69, 9.17) is 0 Å². The molecule has 0 saturated heterocycles. The number of hydrazone groups is 1. The Morgan fingerprint density at radius 3 is 2.40 bits per heavy atom. The first-order valence-electron chi connectivity index (χ1n) is 6.57. The fourth-order valence-electron chi connectivity index (χ4n) is 2.26. The van der Waals surface area contributed by atoms with E-state index in [1.165, 1.54) is 5.01 Å². The summed E-state index contributed by atoms with van der Waals surface area (Å²) < 4.78 is 0. The van der Waals surface area contributed by atoms with Crippen molar-refractivity contribution in [3.63, 3.8) is 0 Å². The third-order valence-corrected chi connectivity index (χ3v) is 3.25. The monoisotopic (exact) mass is 265 g/mol. The number of nitrogens with zero attached hydrogens (tertiary/aromatic N) is 2. The minimum Gasteiger partial charge on any atom is -0.306 e. The van der Waals surface area contributed by atoms with Crippen LogP contribution in [0.1, 0.15) is 18.0 Å². The summed E-state index contributed by atoms with van der Waals surface area (Å²) in [5, 5.41) is 8.55. The zero-order valence-corrected chi connectivity index (χ0v) is 10.9. The van der Waals surface area contributed by atoms with Gasteiger partial charge in [0.1, 0.15) is 0 Å². The predicted molar refractivity (Wildman–Crippen MR) is 79.6 cm³/mol. The maximum Gasteiger partial charge on any atom is 0.342 e. The third-order valence-electron chi connectivity index (χ3n) is 3.25. The Bertz CT molecular complexity index is 610. The fourth-order valence-corrected chi connectivity index (χ4v) is 2.26. The van der Waals surface area contributed by atoms with Crippen molar-refractivity contribution in [3.8, 4) is 0 Å². The molecule has 20 heavy (non-hydrogen) atoms. The molecule has 2 aromatic carbocycles. The first kappa shape index (κ1) is 12.4. The summed E-state index contributed by atoms with van der Waals surface area (Å²) in [6.07, 6.45) is 2.52. The Morgan fingerprint density at radius 1 is 1.05 bits per heavy atom. The normalized spacial score (nSPS) is 17.2. The van der Waals surface area contributed by atoms with E-state index in [9.17, 15) is 4.79 Å². The molecule has 1 N–H and O–H groups in total. The topological polar surface area (TPSA) is 44.7 Å². The first-order valence-corrected chi connectivity index (χ1v) is 6.57. The zero-order chi connectivity index (χ0) is 13.8. The van der Waals surface area contributed by atoms with Gasteiger partial charge in [-0.1, -0.05) is 48.5 Å². The number of nitrogens with one attached hydrogen (secondary N) is 1. The smallest absolute Gasteiger partial charge is 0.306 e. The number of carbonyl (C=O) groups is 1. The largest absolute Gasteiger partial charge is 0.342 e. The molecule has 4 heteroatoms. The van der Waals surface area contributed by atoms with Crippen LogP contribution in [0.15, 0.2) is 65.8 Å². The van der Waals surface area contributed by atoms with Crippen LogP contribution in [0.4, 0.5) is 10.5 Å². The molecular formula is C16H15N3O. The molecule has 0 aliphatic carbocycles. The maximum atomic E-state index is 12.3. The summed E-state index contributed by atoms with van der Waals surface area (Å²) in [6, 6.07) is 19.1. The van der Waals surface area contributed by atoms with E-state index in [0.717, 1.165) is 17.7 Å². The number of urea groups is 1. The first-order chi connectivity index (χ1) is 9.84. The second-order valence-corrected chi connectivity index (χ2v) is 4.60. The number of para-hydroxylation sites is 1. The van der Waals surface area contributed by atoms with Gasteiger partial charge in [-0.05, 0) is 17.7 Å². The number of carbonyl (C=O) groups excluding carboxylic acids is 1. The lowest BCUT2D eigenvalue weighted by molar-refractivity contribution is 0.200. The number of hydrogen-bond acceptors (Lipinski definition) is 2. The molecule has 1 aliphatic heterocycles. The van der Waals surface area contributed by atoms with Gasteiger partial charge in [0, 0.05) is 18.3 Å². The molecule has 0 saturated carbocycles. The molecule has 0 radical (unpaired) electrons. The Balaban J connectivity index is 1.75. The van der Waals surface area contributed by atoms with E-state index in [1.54, 1.807) is 6.21 Å². The zero-order valence-electron chi connectivity index (χ0n) is 10.9.